The van der Waals surface area contributed by atoms with Crippen LogP contribution in [0.5, 0.6) is 0 Å². The van der Waals surface area contributed by atoms with Gasteiger partial charge in [0.25, 0.3) is 5.91 Å². The van der Waals surface area contributed by atoms with Gasteiger partial charge < -0.3 is 19.4 Å². The fourth-order valence-corrected chi connectivity index (χ4v) is 7.73. The number of carbonyl (C=O) groups is 3. The number of nitriles is 1. The van der Waals surface area contributed by atoms with E-state index in [1.54, 1.807) is 62.8 Å². The van der Waals surface area contributed by atoms with Crippen molar-refractivity contribution in [1.29, 1.82) is 5.26 Å². The number of benzene rings is 1. The van der Waals surface area contributed by atoms with Gasteiger partial charge >= 0.3 is 5.97 Å². The molecular formula is C36H38F2N6O4. The zero-order chi connectivity index (χ0) is 34.7. The Morgan fingerprint density at radius 2 is 1.94 bits per heavy atom. The van der Waals surface area contributed by atoms with Gasteiger partial charge in [-0.15, -0.1) is 0 Å². The molecule has 4 unspecified atom stereocenters. The molecule has 6 rings (SSSR count). The van der Waals surface area contributed by atoms with Crippen molar-refractivity contribution in [2.45, 2.75) is 66.2 Å². The molecule has 1 aromatic carbocycles. The second-order valence-electron chi connectivity index (χ2n) is 13.6. The van der Waals surface area contributed by atoms with E-state index in [9.17, 15) is 19.6 Å². The predicted octanol–water partition coefficient (Wildman–Crippen LogP) is 5.05. The van der Waals surface area contributed by atoms with Crippen molar-refractivity contribution in [3.05, 3.63) is 82.3 Å². The molecule has 2 fully saturated rings. The van der Waals surface area contributed by atoms with E-state index in [2.05, 4.69) is 21.4 Å². The van der Waals surface area contributed by atoms with Crippen molar-refractivity contribution in [3.8, 4) is 6.07 Å². The molecule has 3 heterocycles. The number of nitrogens with one attached hydrogen (secondary N) is 1. The predicted molar refractivity (Wildman–Crippen MR) is 173 cm³/mol. The van der Waals surface area contributed by atoms with Crippen LogP contribution in [0, 0.1) is 48.3 Å². The topological polar surface area (TPSA) is 130 Å². The summed E-state index contributed by atoms with van der Waals surface area (Å²) < 4.78 is 38.7. The fraction of sp³-hybridized carbons (Fsp3) is 0.444. The molecule has 250 valence electrons. The summed E-state index contributed by atoms with van der Waals surface area (Å²) in [6.07, 6.45) is 5.36. The summed E-state index contributed by atoms with van der Waals surface area (Å²) in [5.41, 5.74) is 3.27. The van der Waals surface area contributed by atoms with Gasteiger partial charge in [0.15, 0.2) is 11.8 Å². The van der Waals surface area contributed by atoms with Crippen molar-refractivity contribution in [1.82, 2.24) is 24.6 Å². The quantitative estimate of drug-likeness (QED) is 0.336. The number of likely N-dealkylation sites (tertiary alicyclic amines) is 1. The smallest absolute Gasteiger partial charge is 0.308 e. The molecule has 1 saturated carbocycles. The normalized spacial score (nSPS) is 24.9. The largest absolute Gasteiger partial charge is 0.466 e. The first-order valence-corrected chi connectivity index (χ1v) is 16.1. The van der Waals surface area contributed by atoms with Crippen LogP contribution in [-0.2, 0) is 14.3 Å². The number of fused-ring (bicyclic) bond motifs is 2. The molecule has 1 aliphatic heterocycles. The molecule has 10 nitrogen and oxygen atoms in total. The highest BCUT2D eigenvalue weighted by atomic mass is 19.2. The number of alkyl halides is 1. The lowest BCUT2D eigenvalue weighted by atomic mass is 9.78. The average molecular weight is 657 g/mol. The van der Waals surface area contributed by atoms with E-state index in [1.807, 2.05) is 13.8 Å². The summed E-state index contributed by atoms with van der Waals surface area (Å²) in [5, 5.41) is 12.3. The van der Waals surface area contributed by atoms with Crippen LogP contribution in [0.4, 0.5) is 8.78 Å². The van der Waals surface area contributed by atoms with E-state index in [1.165, 1.54) is 17.2 Å². The molecule has 0 radical (unpaired) electrons. The third kappa shape index (κ3) is 5.55. The lowest BCUT2D eigenvalue weighted by molar-refractivity contribution is -0.143. The molecular weight excluding hydrogens is 618 g/mol. The molecule has 6 atom stereocenters. The second kappa shape index (κ2) is 12.3. The molecule has 3 aliphatic rings. The number of esters is 1. The van der Waals surface area contributed by atoms with Crippen molar-refractivity contribution in [2.24, 2.45) is 23.2 Å². The minimum absolute atomic E-state index is 0.0509. The third-order valence-corrected chi connectivity index (χ3v) is 10.3. The standard InChI is InChI=1S/C36H38F2N6O4/c1-7-48-28(45)13-25(23-12-22(20(4)31(37)32(23)38)29-18(2)10-21(14-39)11-19(29)3)42-34(46)33-30-24(36(30,5)6)16-44(33)35(47)26-17-43-9-8-40-15-27(43)41-26/h8-12,15,17,20,24-25,30-31,33H,7,13,16H2,1-6H3,(H,42,46)/t20?,24?,25?,30-,31?,33-/m0/s1. The Balaban J connectivity index is 1.37. The number of ether oxygens (including phenoxy) is 1. The number of carbonyl (C=O) groups excluding carboxylic acids is 3. The molecule has 1 N–H and O–H groups in total. The van der Waals surface area contributed by atoms with Gasteiger partial charge in [-0.3, -0.25) is 19.4 Å². The summed E-state index contributed by atoms with van der Waals surface area (Å²) >= 11 is 0. The number of halogens is 2. The Hall–Kier alpha value is -4.92. The zero-order valence-corrected chi connectivity index (χ0v) is 27.8. The first kappa shape index (κ1) is 33.0. The maximum atomic E-state index is 16.0. The Kier molecular flexibility index (Phi) is 8.43. The van der Waals surface area contributed by atoms with Crippen LogP contribution in [0.25, 0.3) is 11.2 Å². The van der Waals surface area contributed by atoms with Crippen molar-refractivity contribution < 1.29 is 27.9 Å². The van der Waals surface area contributed by atoms with E-state index in [-0.39, 0.29) is 35.1 Å². The minimum atomic E-state index is -2.04. The Labute approximate surface area is 277 Å². The van der Waals surface area contributed by atoms with Gasteiger partial charge in [0.1, 0.15) is 17.6 Å². The van der Waals surface area contributed by atoms with Gasteiger partial charge in [-0.2, -0.15) is 5.26 Å². The van der Waals surface area contributed by atoms with Crippen LogP contribution in [0.2, 0.25) is 0 Å². The van der Waals surface area contributed by atoms with Crippen LogP contribution < -0.4 is 5.32 Å². The van der Waals surface area contributed by atoms with Gasteiger partial charge in [-0.25, -0.2) is 13.8 Å². The Morgan fingerprint density at radius 1 is 1.23 bits per heavy atom. The maximum absolute atomic E-state index is 16.0. The number of nitrogens with zero attached hydrogens (tertiary/aromatic N) is 5. The van der Waals surface area contributed by atoms with Gasteiger partial charge in [0.05, 0.1) is 36.9 Å². The van der Waals surface area contributed by atoms with Crippen LogP contribution in [-0.4, -0.2) is 68.5 Å². The van der Waals surface area contributed by atoms with E-state index < -0.39 is 54.2 Å². The maximum Gasteiger partial charge on any atom is 0.308 e. The highest BCUT2D eigenvalue weighted by Gasteiger charge is 2.69. The van der Waals surface area contributed by atoms with Gasteiger partial charge in [-0.1, -0.05) is 26.8 Å². The van der Waals surface area contributed by atoms with Crippen LogP contribution >= 0.6 is 0 Å². The molecule has 2 aliphatic carbocycles. The van der Waals surface area contributed by atoms with Crippen molar-refractivity contribution in [3.63, 3.8) is 0 Å². The number of aromatic nitrogens is 3. The lowest BCUT2D eigenvalue weighted by Gasteiger charge is -2.33. The monoisotopic (exact) mass is 656 g/mol. The summed E-state index contributed by atoms with van der Waals surface area (Å²) in [4.78, 5) is 50.9. The number of allylic oxidation sites excluding steroid dienone is 2. The number of hydrogen-bond acceptors (Lipinski definition) is 7. The zero-order valence-electron chi connectivity index (χ0n) is 27.8. The minimum Gasteiger partial charge on any atom is -0.466 e. The van der Waals surface area contributed by atoms with Crippen molar-refractivity contribution >= 4 is 29.0 Å². The van der Waals surface area contributed by atoms with Gasteiger partial charge in [0.2, 0.25) is 5.91 Å². The summed E-state index contributed by atoms with van der Waals surface area (Å²) in [7, 11) is 0. The molecule has 3 aromatic rings. The summed E-state index contributed by atoms with van der Waals surface area (Å²) in [6, 6.07) is 3.29. The second-order valence-corrected chi connectivity index (χ2v) is 13.6. The molecule has 12 heteroatoms. The number of aryl methyl sites for hydroxylation is 2. The number of hydrogen-bond donors (Lipinski definition) is 1. The molecule has 2 amide bonds. The van der Waals surface area contributed by atoms with E-state index in [0.717, 1.165) is 0 Å². The number of piperidine rings is 1. The number of imidazole rings is 1. The number of rotatable bonds is 8. The molecule has 1 saturated heterocycles. The highest BCUT2D eigenvalue weighted by molar-refractivity contribution is 5.98. The van der Waals surface area contributed by atoms with Crippen LogP contribution in [0.1, 0.15) is 66.9 Å². The lowest BCUT2D eigenvalue weighted by Crippen LogP contribution is -2.53. The molecule has 2 aromatic heterocycles. The Morgan fingerprint density at radius 3 is 2.58 bits per heavy atom. The average Bonchev–Trinajstić information content (AvgIpc) is 3.41. The molecule has 48 heavy (non-hydrogen) atoms. The van der Waals surface area contributed by atoms with Gasteiger partial charge in [-0.05, 0) is 72.4 Å². The summed E-state index contributed by atoms with van der Waals surface area (Å²) in [5.74, 6) is -3.79. The van der Waals surface area contributed by atoms with Crippen LogP contribution in [0.15, 0.2) is 54.4 Å². The van der Waals surface area contributed by atoms with Gasteiger partial charge in [0, 0.05) is 36.6 Å². The first-order chi connectivity index (χ1) is 22.8. The summed E-state index contributed by atoms with van der Waals surface area (Å²) in [6.45, 7) is 11.3. The van der Waals surface area contributed by atoms with Crippen LogP contribution in [0.3, 0.4) is 0 Å². The molecule has 0 spiro atoms. The first-order valence-electron chi connectivity index (χ1n) is 16.1. The highest BCUT2D eigenvalue weighted by Crippen LogP contribution is 2.65. The number of amides is 2. The SMILES string of the molecule is CCOC(=O)CC(NC(=O)[C@@H]1[C@@H]2C(CN1C(=O)c1cn3ccncc3n1)C2(C)C)C1=C(F)C(F)C(C)C(c2c(C)cc(C#N)cc2C)=C1. The van der Waals surface area contributed by atoms with E-state index in [4.69, 9.17) is 4.74 Å². The Bertz CT molecular complexity index is 1890. The fourth-order valence-electron chi connectivity index (χ4n) is 7.73. The van der Waals surface area contributed by atoms with E-state index >= 15 is 8.78 Å². The van der Waals surface area contributed by atoms with E-state index in [0.29, 0.717) is 40.0 Å². The molecule has 0 bridgehead atoms. The van der Waals surface area contributed by atoms with Crippen molar-refractivity contribution in [2.75, 3.05) is 13.2 Å². The third-order valence-electron chi connectivity index (χ3n) is 10.3.